The third kappa shape index (κ3) is 3.85. The average molecular weight is 357 g/mol. The van der Waals surface area contributed by atoms with Gasteiger partial charge in [-0.25, -0.2) is 0 Å². The molecule has 0 aliphatic carbocycles. The Kier molecular flexibility index (Phi) is 5.25. The Morgan fingerprint density at radius 3 is 2.23 bits per heavy atom. The lowest BCUT2D eigenvalue weighted by molar-refractivity contribution is -0.111. The van der Waals surface area contributed by atoms with E-state index in [1.54, 1.807) is 12.1 Å². The highest BCUT2D eigenvalue weighted by Crippen LogP contribution is 2.46. The van der Waals surface area contributed by atoms with E-state index >= 15 is 0 Å². The van der Waals surface area contributed by atoms with E-state index in [0.717, 1.165) is 38.7 Å². The van der Waals surface area contributed by atoms with Gasteiger partial charge in [0.05, 0.1) is 16.7 Å². The van der Waals surface area contributed by atoms with Crippen LogP contribution in [0.5, 0.6) is 0 Å². The largest absolute Gasteiger partial charge is 0.376 e. The molecule has 0 spiro atoms. The van der Waals surface area contributed by atoms with Gasteiger partial charge in [-0.2, -0.15) is 0 Å². The Bertz CT molecular complexity index is 659. The summed E-state index contributed by atoms with van der Waals surface area (Å²) < 4.78 is 5.94. The fraction of sp³-hybridized carbons (Fsp3) is 0.636. The van der Waals surface area contributed by atoms with Crippen LogP contribution in [-0.2, 0) is 4.74 Å². The number of amides is 2. The molecule has 1 atom stereocenters. The van der Waals surface area contributed by atoms with Crippen LogP contribution in [0.3, 0.4) is 0 Å². The minimum atomic E-state index is -0.143. The first-order valence-electron chi connectivity index (χ1n) is 9.82. The summed E-state index contributed by atoms with van der Waals surface area (Å²) in [6, 6.07) is 7.14. The molecule has 142 valence electrons. The van der Waals surface area contributed by atoms with Gasteiger partial charge in [0.15, 0.2) is 0 Å². The van der Waals surface area contributed by atoms with Crippen LogP contribution in [0.1, 0.15) is 80.5 Å². The molecule has 26 heavy (non-hydrogen) atoms. The Labute approximate surface area is 156 Å². The van der Waals surface area contributed by atoms with Gasteiger partial charge in [-0.3, -0.25) is 14.5 Å². The van der Waals surface area contributed by atoms with Gasteiger partial charge in [0.2, 0.25) is 0 Å². The zero-order valence-electron chi connectivity index (χ0n) is 16.5. The van der Waals surface area contributed by atoms with E-state index in [1.807, 2.05) is 12.1 Å². The molecule has 1 fully saturated rings. The number of carbonyl (C=O) groups excluding carboxylic acids is 2. The minimum Gasteiger partial charge on any atom is -0.376 e. The quantitative estimate of drug-likeness (QED) is 0.694. The average Bonchev–Trinajstić information content (AvgIpc) is 2.82. The number of rotatable bonds is 6. The molecule has 2 heterocycles. The van der Waals surface area contributed by atoms with Gasteiger partial charge < -0.3 is 4.74 Å². The van der Waals surface area contributed by atoms with Crippen LogP contribution in [0.2, 0.25) is 0 Å². The third-order valence-corrected chi connectivity index (χ3v) is 5.92. The molecule has 0 radical (unpaired) electrons. The summed E-state index contributed by atoms with van der Waals surface area (Å²) in [6.45, 7) is 10.1. The highest BCUT2D eigenvalue weighted by molar-refractivity contribution is 6.21. The number of hydrogen-bond acceptors (Lipinski definition) is 3. The molecule has 1 aromatic carbocycles. The first kappa shape index (κ1) is 19.1. The predicted molar refractivity (Wildman–Crippen MR) is 102 cm³/mol. The maximum absolute atomic E-state index is 12.7. The highest BCUT2D eigenvalue weighted by atomic mass is 16.5. The lowest BCUT2D eigenvalue weighted by atomic mass is 9.68. The molecule has 0 bridgehead atoms. The molecule has 4 heteroatoms. The van der Waals surface area contributed by atoms with Crippen molar-refractivity contribution >= 4 is 11.8 Å². The van der Waals surface area contributed by atoms with E-state index in [0.29, 0.717) is 23.6 Å². The number of ether oxygens (including phenoxy) is 1. The molecule has 0 aromatic heterocycles. The maximum Gasteiger partial charge on any atom is 0.261 e. The predicted octanol–water partition coefficient (Wildman–Crippen LogP) is 4.68. The minimum absolute atomic E-state index is 0.140. The zero-order chi connectivity index (χ0) is 18.9. The number of imide groups is 1. The topological polar surface area (TPSA) is 46.6 Å². The summed E-state index contributed by atoms with van der Waals surface area (Å²) >= 11 is 0. The second kappa shape index (κ2) is 7.15. The van der Waals surface area contributed by atoms with E-state index in [1.165, 1.54) is 4.90 Å². The molecule has 2 amide bonds. The van der Waals surface area contributed by atoms with E-state index in [2.05, 4.69) is 27.7 Å². The number of hydrogen-bond donors (Lipinski definition) is 0. The lowest BCUT2D eigenvalue weighted by Crippen LogP contribution is -2.44. The summed E-state index contributed by atoms with van der Waals surface area (Å²) in [5.74, 6) is 0.365. The lowest BCUT2D eigenvalue weighted by Gasteiger charge is -2.46. The molecule has 1 aromatic rings. The van der Waals surface area contributed by atoms with E-state index in [-0.39, 0.29) is 22.8 Å². The van der Waals surface area contributed by atoms with Crippen LogP contribution in [0.4, 0.5) is 0 Å². The van der Waals surface area contributed by atoms with Crippen molar-refractivity contribution in [2.24, 2.45) is 11.3 Å². The summed E-state index contributed by atoms with van der Waals surface area (Å²) in [5, 5.41) is 0. The van der Waals surface area contributed by atoms with Crippen LogP contribution in [-0.4, -0.2) is 35.5 Å². The zero-order valence-corrected chi connectivity index (χ0v) is 16.5. The highest BCUT2D eigenvalue weighted by Gasteiger charge is 2.42. The van der Waals surface area contributed by atoms with Crippen molar-refractivity contribution < 1.29 is 14.3 Å². The molecule has 0 N–H and O–H groups in total. The number of nitrogens with zero attached hydrogens (tertiary/aromatic N) is 1. The molecular formula is C22H31NO3. The Morgan fingerprint density at radius 2 is 1.69 bits per heavy atom. The van der Waals surface area contributed by atoms with Crippen molar-refractivity contribution in [2.45, 2.75) is 65.4 Å². The van der Waals surface area contributed by atoms with E-state index in [4.69, 9.17) is 4.74 Å². The van der Waals surface area contributed by atoms with Crippen molar-refractivity contribution in [3.63, 3.8) is 0 Å². The normalized spacial score (nSPS) is 25.0. The monoisotopic (exact) mass is 357 g/mol. The van der Waals surface area contributed by atoms with Gasteiger partial charge >= 0.3 is 0 Å². The van der Waals surface area contributed by atoms with Gasteiger partial charge in [-0.05, 0) is 63.0 Å². The van der Waals surface area contributed by atoms with Crippen LogP contribution in [0.25, 0.3) is 0 Å². The Hall–Kier alpha value is -1.68. The van der Waals surface area contributed by atoms with Crippen molar-refractivity contribution in [1.29, 1.82) is 0 Å². The molecule has 0 unspecified atom stereocenters. The molecular weight excluding hydrogens is 326 g/mol. The van der Waals surface area contributed by atoms with Crippen LogP contribution < -0.4 is 0 Å². The van der Waals surface area contributed by atoms with Gasteiger partial charge in [-0.1, -0.05) is 32.4 Å². The van der Waals surface area contributed by atoms with Gasteiger partial charge in [0.1, 0.15) is 0 Å². The molecule has 2 aliphatic heterocycles. The van der Waals surface area contributed by atoms with Crippen molar-refractivity contribution in [3.8, 4) is 0 Å². The summed E-state index contributed by atoms with van der Waals surface area (Å²) in [6.07, 6.45) is 5.14. The Morgan fingerprint density at radius 1 is 1.08 bits per heavy atom. The van der Waals surface area contributed by atoms with Crippen LogP contribution in [0.15, 0.2) is 24.3 Å². The molecule has 4 nitrogen and oxygen atoms in total. The standard InChI is InChI=1S/C22H31NO3/c1-16(2)9-10-22(12-14-26-21(3,4)15-22)11-13-23-19(24)17-7-5-6-8-18(17)20(23)25/h5-8,16H,9-15H2,1-4H3/t22-/m0/s1. The SMILES string of the molecule is CC(C)CC[C@]1(CCN2C(=O)c3ccccc3C2=O)CCOC(C)(C)C1. The van der Waals surface area contributed by atoms with Gasteiger partial charge in [0.25, 0.3) is 11.8 Å². The van der Waals surface area contributed by atoms with E-state index in [9.17, 15) is 9.59 Å². The van der Waals surface area contributed by atoms with Crippen molar-refractivity contribution in [1.82, 2.24) is 4.90 Å². The number of benzene rings is 1. The second-order valence-corrected chi connectivity index (χ2v) is 9.02. The van der Waals surface area contributed by atoms with Crippen molar-refractivity contribution in [2.75, 3.05) is 13.2 Å². The molecule has 3 rings (SSSR count). The summed E-state index contributed by atoms with van der Waals surface area (Å²) in [5.41, 5.74) is 1.08. The number of carbonyl (C=O) groups is 2. The number of fused-ring (bicyclic) bond motifs is 1. The molecule has 1 saturated heterocycles. The van der Waals surface area contributed by atoms with Gasteiger partial charge in [-0.15, -0.1) is 0 Å². The Balaban J connectivity index is 1.74. The summed E-state index contributed by atoms with van der Waals surface area (Å²) in [4.78, 5) is 26.8. The second-order valence-electron chi connectivity index (χ2n) is 9.02. The van der Waals surface area contributed by atoms with Crippen LogP contribution in [0, 0.1) is 11.3 Å². The maximum atomic E-state index is 12.7. The van der Waals surface area contributed by atoms with Crippen LogP contribution >= 0.6 is 0 Å². The van der Waals surface area contributed by atoms with E-state index < -0.39 is 0 Å². The fourth-order valence-electron chi connectivity index (χ4n) is 4.52. The smallest absolute Gasteiger partial charge is 0.261 e. The van der Waals surface area contributed by atoms with Gasteiger partial charge in [0, 0.05) is 13.2 Å². The first-order valence-corrected chi connectivity index (χ1v) is 9.82. The summed E-state index contributed by atoms with van der Waals surface area (Å²) in [7, 11) is 0. The fourth-order valence-corrected chi connectivity index (χ4v) is 4.52. The first-order chi connectivity index (χ1) is 12.2. The third-order valence-electron chi connectivity index (χ3n) is 5.92. The molecule has 0 saturated carbocycles. The molecule has 2 aliphatic rings. The van der Waals surface area contributed by atoms with Crippen molar-refractivity contribution in [3.05, 3.63) is 35.4 Å².